The van der Waals surface area contributed by atoms with Gasteiger partial charge in [0.1, 0.15) is 5.75 Å². The minimum absolute atomic E-state index is 0.280. The fraction of sp³-hybridized carbons (Fsp3) is 0.263. The predicted molar refractivity (Wildman–Crippen MR) is 102 cm³/mol. The lowest BCUT2D eigenvalue weighted by molar-refractivity contribution is -0.159. The number of amides is 1. The van der Waals surface area contributed by atoms with Crippen LogP contribution in [0.25, 0.3) is 0 Å². The number of halogens is 2. The minimum Gasteiger partial charge on any atom is -0.477 e. The van der Waals surface area contributed by atoms with Crippen LogP contribution in [0.2, 0.25) is 10.0 Å². The largest absolute Gasteiger partial charge is 0.477 e. The summed E-state index contributed by atoms with van der Waals surface area (Å²) in [6.07, 6.45) is -1.92. The third kappa shape index (κ3) is 5.64. The Balaban J connectivity index is 1.90. The summed E-state index contributed by atoms with van der Waals surface area (Å²) in [7, 11) is 0. The van der Waals surface area contributed by atoms with E-state index in [-0.39, 0.29) is 5.02 Å². The number of hydrogen-bond acceptors (Lipinski definition) is 4. The summed E-state index contributed by atoms with van der Waals surface area (Å²) in [6, 6.07) is 12.0. The molecule has 138 valence electrons. The van der Waals surface area contributed by atoms with E-state index < -0.39 is 24.1 Å². The van der Waals surface area contributed by atoms with Crippen LogP contribution in [0.4, 0.5) is 5.69 Å². The van der Waals surface area contributed by atoms with Crippen molar-refractivity contribution in [1.82, 2.24) is 0 Å². The normalized spacial score (nSPS) is 12.8. The highest BCUT2D eigenvalue weighted by atomic mass is 35.5. The van der Waals surface area contributed by atoms with Crippen molar-refractivity contribution in [3.8, 4) is 5.75 Å². The van der Waals surface area contributed by atoms with E-state index in [1.54, 1.807) is 24.3 Å². The Morgan fingerprint density at radius 2 is 1.65 bits per heavy atom. The lowest BCUT2D eigenvalue weighted by atomic mass is 10.2. The van der Waals surface area contributed by atoms with E-state index >= 15 is 0 Å². The molecule has 7 heteroatoms. The Kier molecular flexibility index (Phi) is 6.89. The van der Waals surface area contributed by atoms with E-state index in [9.17, 15) is 9.59 Å². The highest BCUT2D eigenvalue weighted by Crippen LogP contribution is 2.28. The molecule has 2 aromatic rings. The summed E-state index contributed by atoms with van der Waals surface area (Å²) in [5, 5.41) is 3.42. The molecule has 1 amide bonds. The zero-order valence-electron chi connectivity index (χ0n) is 14.6. The molecule has 2 aromatic carbocycles. The van der Waals surface area contributed by atoms with Crippen molar-refractivity contribution in [2.24, 2.45) is 0 Å². The topological polar surface area (TPSA) is 64.6 Å². The molecule has 0 spiro atoms. The predicted octanol–water partition coefficient (Wildman–Crippen LogP) is 4.64. The molecule has 0 aliphatic rings. The van der Waals surface area contributed by atoms with Gasteiger partial charge in [0.05, 0.1) is 5.02 Å². The van der Waals surface area contributed by atoms with Gasteiger partial charge in [0.25, 0.3) is 5.91 Å². The van der Waals surface area contributed by atoms with E-state index in [4.69, 9.17) is 32.7 Å². The van der Waals surface area contributed by atoms with E-state index in [0.29, 0.717) is 16.5 Å². The van der Waals surface area contributed by atoms with Gasteiger partial charge in [-0.15, -0.1) is 0 Å². The second kappa shape index (κ2) is 8.92. The van der Waals surface area contributed by atoms with E-state index in [1.165, 1.54) is 19.9 Å². The summed E-state index contributed by atoms with van der Waals surface area (Å²) in [4.78, 5) is 24.3. The number of benzene rings is 2. The van der Waals surface area contributed by atoms with Crippen molar-refractivity contribution in [3.05, 3.63) is 58.1 Å². The van der Waals surface area contributed by atoms with Gasteiger partial charge in [-0.25, -0.2) is 4.79 Å². The summed E-state index contributed by atoms with van der Waals surface area (Å²) in [5.74, 6) is -0.807. The molecule has 0 radical (unpaired) electrons. The highest BCUT2D eigenvalue weighted by molar-refractivity contribution is 6.35. The molecule has 0 aliphatic heterocycles. The number of nitrogens with one attached hydrogen (secondary N) is 1. The van der Waals surface area contributed by atoms with Crippen LogP contribution in [-0.4, -0.2) is 24.1 Å². The Morgan fingerprint density at radius 1 is 1.00 bits per heavy atom. The molecular weight excluding hydrogens is 377 g/mol. The third-order valence-corrected chi connectivity index (χ3v) is 4.04. The fourth-order valence-corrected chi connectivity index (χ4v) is 2.47. The van der Waals surface area contributed by atoms with Gasteiger partial charge in [-0.05, 0) is 51.1 Å². The van der Waals surface area contributed by atoms with Crippen LogP contribution in [0, 0.1) is 6.92 Å². The molecule has 2 atom stereocenters. The highest BCUT2D eigenvalue weighted by Gasteiger charge is 2.24. The van der Waals surface area contributed by atoms with Crippen LogP contribution in [0.1, 0.15) is 19.4 Å². The molecule has 2 rings (SSSR count). The van der Waals surface area contributed by atoms with Gasteiger partial charge >= 0.3 is 5.97 Å². The van der Waals surface area contributed by atoms with Crippen LogP contribution in [0.15, 0.2) is 42.5 Å². The number of esters is 1. The molecule has 26 heavy (non-hydrogen) atoms. The maximum absolute atomic E-state index is 12.1. The van der Waals surface area contributed by atoms with Gasteiger partial charge < -0.3 is 14.8 Å². The van der Waals surface area contributed by atoms with Crippen molar-refractivity contribution in [2.45, 2.75) is 33.0 Å². The van der Waals surface area contributed by atoms with E-state index in [0.717, 1.165) is 5.56 Å². The molecule has 0 heterocycles. The van der Waals surface area contributed by atoms with Crippen LogP contribution < -0.4 is 10.1 Å². The first-order valence-corrected chi connectivity index (χ1v) is 8.71. The maximum Gasteiger partial charge on any atom is 0.347 e. The van der Waals surface area contributed by atoms with Gasteiger partial charge in [-0.1, -0.05) is 40.9 Å². The number of anilines is 1. The molecule has 0 fully saturated rings. The van der Waals surface area contributed by atoms with E-state index in [2.05, 4.69) is 5.32 Å². The molecule has 1 N–H and O–H groups in total. The first kappa shape index (κ1) is 20.1. The summed E-state index contributed by atoms with van der Waals surface area (Å²) >= 11 is 11.8. The summed E-state index contributed by atoms with van der Waals surface area (Å²) in [5.41, 5.74) is 1.70. The number of hydrogen-bond donors (Lipinski definition) is 1. The Hall–Kier alpha value is -2.24. The van der Waals surface area contributed by atoms with Crippen molar-refractivity contribution >= 4 is 40.8 Å². The SMILES string of the molecule is Cc1ccc(NC(=O)[C@H](C)OC(=O)[C@@H](C)Oc2ccc(Cl)cc2Cl)cc1. The first-order chi connectivity index (χ1) is 12.3. The van der Waals surface area contributed by atoms with Crippen molar-refractivity contribution in [2.75, 3.05) is 5.32 Å². The minimum atomic E-state index is -0.976. The maximum atomic E-state index is 12.1. The summed E-state index contributed by atoms with van der Waals surface area (Å²) in [6.45, 7) is 4.95. The average Bonchev–Trinajstić information content (AvgIpc) is 2.59. The van der Waals surface area contributed by atoms with Crippen LogP contribution in [0.5, 0.6) is 5.75 Å². The van der Waals surface area contributed by atoms with Crippen molar-refractivity contribution in [1.29, 1.82) is 0 Å². The number of ether oxygens (including phenoxy) is 2. The van der Waals surface area contributed by atoms with Crippen molar-refractivity contribution < 1.29 is 19.1 Å². The Morgan fingerprint density at radius 3 is 2.27 bits per heavy atom. The van der Waals surface area contributed by atoms with Crippen LogP contribution in [0.3, 0.4) is 0 Å². The van der Waals surface area contributed by atoms with Crippen LogP contribution in [-0.2, 0) is 14.3 Å². The van der Waals surface area contributed by atoms with Gasteiger partial charge in [0.2, 0.25) is 0 Å². The number of carbonyl (C=O) groups is 2. The zero-order chi connectivity index (χ0) is 19.3. The molecule has 0 aliphatic carbocycles. The number of rotatable bonds is 6. The van der Waals surface area contributed by atoms with Crippen molar-refractivity contribution in [3.63, 3.8) is 0 Å². The molecule has 0 unspecified atom stereocenters. The quantitative estimate of drug-likeness (QED) is 0.723. The van der Waals surface area contributed by atoms with E-state index in [1.807, 2.05) is 19.1 Å². The molecular formula is C19H19Cl2NO4. The monoisotopic (exact) mass is 395 g/mol. The average molecular weight is 396 g/mol. The van der Waals surface area contributed by atoms with Gasteiger partial charge in [0.15, 0.2) is 12.2 Å². The standard InChI is InChI=1S/C19H19Cl2NO4/c1-11-4-7-15(8-5-11)22-18(23)12(2)26-19(24)13(3)25-17-9-6-14(20)10-16(17)21/h4-10,12-13H,1-3H3,(H,22,23)/t12-,13+/m0/s1. The fourth-order valence-electron chi connectivity index (χ4n) is 2.01. The molecule has 0 aromatic heterocycles. The van der Waals surface area contributed by atoms with Gasteiger partial charge in [0, 0.05) is 10.7 Å². The first-order valence-electron chi connectivity index (χ1n) is 7.96. The van der Waals surface area contributed by atoms with Gasteiger partial charge in [-0.3, -0.25) is 4.79 Å². The lowest BCUT2D eigenvalue weighted by Crippen LogP contribution is -2.35. The Labute approximate surface area is 162 Å². The molecule has 5 nitrogen and oxygen atoms in total. The molecule has 0 saturated heterocycles. The molecule has 0 bridgehead atoms. The zero-order valence-corrected chi connectivity index (χ0v) is 16.1. The lowest BCUT2D eigenvalue weighted by Gasteiger charge is -2.18. The summed E-state index contributed by atoms with van der Waals surface area (Å²) < 4.78 is 10.6. The van der Waals surface area contributed by atoms with Crippen LogP contribution >= 0.6 is 23.2 Å². The second-order valence-corrected chi connectivity index (χ2v) is 6.61. The van der Waals surface area contributed by atoms with Gasteiger partial charge in [-0.2, -0.15) is 0 Å². The number of carbonyl (C=O) groups excluding carboxylic acids is 2. The second-order valence-electron chi connectivity index (χ2n) is 5.77. The molecule has 0 saturated carbocycles. The smallest absolute Gasteiger partial charge is 0.347 e. The number of aryl methyl sites for hydroxylation is 1. The Bertz CT molecular complexity index is 793. The third-order valence-electron chi connectivity index (χ3n) is 3.51.